The molecular weight excluding hydrogens is 216 g/mol. The highest BCUT2D eigenvalue weighted by molar-refractivity contribution is 5.10. The molecule has 0 saturated carbocycles. The number of hydrogen-bond acceptors (Lipinski definition) is 6. The molecule has 4 atom stereocenters. The Morgan fingerprint density at radius 2 is 2.38 bits per heavy atom. The zero-order valence-electron chi connectivity index (χ0n) is 8.18. The lowest BCUT2D eigenvalue weighted by atomic mass is 10.1. The van der Waals surface area contributed by atoms with E-state index in [1.807, 2.05) is 0 Å². The van der Waals surface area contributed by atoms with E-state index < -0.39 is 30.1 Å². The Hall–Kier alpha value is -1.44. The van der Waals surface area contributed by atoms with E-state index in [-0.39, 0.29) is 12.6 Å². The third-order valence-corrected chi connectivity index (χ3v) is 2.81. The molecule has 7 nitrogen and oxygen atoms in total. The van der Waals surface area contributed by atoms with Gasteiger partial charge in [0.2, 0.25) is 0 Å². The molecular formula is C9H10N2O5. The van der Waals surface area contributed by atoms with Gasteiger partial charge in [-0.3, -0.25) is 9.36 Å². The van der Waals surface area contributed by atoms with Gasteiger partial charge in [0.15, 0.2) is 12.3 Å². The van der Waals surface area contributed by atoms with Gasteiger partial charge >= 0.3 is 6.01 Å². The largest absolute Gasteiger partial charge is 0.453 e. The predicted molar refractivity (Wildman–Crippen MR) is 49.9 cm³/mol. The fourth-order valence-electron chi connectivity index (χ4n) is 2.02. The summed E-state index contributed by atoms with van der Waals surface area (Å²) in [5.74, 6) is 0. The average molecular weight is 226 g/mol. The Labute approximate surface area is 89.9 Å². The maximum atomic E-state index is 11.0. The van der Waals surface area contributed by atoms with E-state index >= 15 is 0 Å². The molecule has 0 aromatic carbocycles. The molecule has 0 amide bonds. The van der Waals surface area contributed by atoms with Crippen molar-refractivity contribution in [1.82, 2.24) is 9.55 Å². The lowest BCUT2D eigenvalue weighted by Crippen LogP contribution is -2.34. The molecule has 2 N–H and O–H groups in total. The Kier molecular flexibility index (Phi) is 2.00. The van der Waals surface area contributed by atoms with E-state index in [1.54, 1.807) is 0 Å². The third kappa shape index (κ3) is 1.19. The van der Waals surface area contributed by atoms with Gasteiger partial charge in [-0.15, -0.1) is 0 Å². The van der Waals surface area contributed by atoms with E-state index in [9.17, 15) is 9.90 Å². The summed E-state index contributed by atoms with van der Waals surface area (Å²) in [6.07, 6.45) is -1.24. The molecule has 0 spiro atoms. The topological polar surface area (TPSA) is 93.8 Å². The first kappa shape index (κ1) is 9.76. The van der Waals surface area contributed by atoms with Crippen LogP contribution in [0.5, 0.6) is 6.01 Å². The van der Waals surface area contributed by atoms with E-state index in [4.69, 9.17) is 14.6 Å². The molecule has 2 aliphatic rings. The third-order valence-electron chi connectivity index (χ3n) is 2.81. The van der Waals surface area contributed by atoms with Crippen molar-refractivity contribution < 1.29 is 19.7 Å². The summed E-state index contributed by atoms with van der Waals surface area (Å²) < 4.78 is 12.3. The summed E-state index contributed by atoms with van der Waals surface area (Å²) in [6, 6.07) is 1.43. The van der Waals surface area contributed by atoms with Gasteiger partial charge in [-0.1, -0.05) is 0 Å². The lowest BCUT2D eigenvalue weighted by molar-refractivity contribution is -0.0434. The van der Waals surface area contributed by atoms with Crippen molar-refractivity contribution in [1.29, 1.82) is 0 Å². The number of nitrogens with zero attached hydrogens (tertiary/aromatic N) is 2. The summed E-state index contributed by atoms with van der Waals surface area (Å²) in [7, 11) is 0. The summed E-state index contributed by atoms with van der Waals surface area (Å²) in [4.78, 5) is 14.7. The van der Waals surface area contributed by atoms with Gasteiger partial charge < -0.3 is 19.7 Å². The minimum Gasteiger partial charge on any atom is -0.453 e. The van der Waals surface area contributed by atoms with Crippen LogP contribution in [0.15, 0.2) is 17.1 Å². The van der Waals surface area contributed by atoms with E-state index in [0.29, 0.717) is 0 Å². The Morgan fingerprint density at radius 1 is 1.56 bits per heavy atom. The van der Waals surface area contributed by atoms with Crippen LogP contribution < -0.4 is 10.3 Å². The monoisotopic (exact) mass is 226 g/mol. The van der Waals surface area contributed by atoms with E-state index in [0.717, 1.165) is 0 Å². The minimum atomic E-state index is -0.924. The number of aliphatic hydroxyl groups is 2. The van der Waals surface area contributed by atoms with Gasteiger partial charge in [0.05, 0.1) is 6.61 Å². The normalized spacial score (nSPS) is 35.6. The highest BCUT2D eigenvalue weighted by atomic mass is 16.6. The SMILES string of the molecule is O=c1ccn2c(n1)OC1C(O)[C@@H](CO)O[C@H]12. The first-order valence-electron chi connectivity index (χ1n) is 4.91. The fourth-order valence-corrected chi connectivity index (χ4v) is 2.02. The van der Waals surface area contributed by atoms with Gasteiger partial charge in [-0.2, -0.15) is 4.98 Å². The van der Waals surface area contributed by atoms with E-state index in [1.165, 1.54) is 16.8 Å². The first-order valence-corrected chi connectivity index (χ1v) is 4.91. The maximum Gasteiger partial charge on any atom is 0.302 e. The molecule has 0 radical (unpaired) electrons. The highest BCUT2D eigenvalue weighted by Crippen LogP contribution is 2.38. The van der Waals surface area contributed by atoms with Crippen LogP contribution in [0.2, 0.25) is 0 Å². The quantitative estimate of drug-likeness (QED) is 0.590. The van der Waals surface area contributed by atoms with Crippen LogP contribution >= 0.6 is 0 Å². The number of hydrogen-bond donors (Lipinski definition) is 2. The molecule has 1 fully saturated rings. The zero-order chi connectivity index (χ0) is 11.3. The summed E-state index contributed by atoms with van der Waals surface area (Å²) in [5, 5.41) is 18.7. The van der Waals surface area contributed by atoms with Crippen molar-refractivity contribution >= 4 is 0 Å². The van der Waals surface area contributed by atoms with Crippen molar-refractivity contribution in [3.05, 3.63) is 22.6 Å². The smallest absolute Gasteiger partial charge is 0.302 e. The van der Waals surface area contributed by atoms with Crippen molar-refractivity contribution in [2.75, 3.05) is 6.61 Å². The minimum absolute atomic E-state index is 0.137. The summed E-state index contributed by atoms with van der Waals surface area (Å²) in [6.45, 7) is -0.277. The highest BCUT2D eigenvalue weighted by Gasteiger charge is 2.50. The van der Waals surface area contributed by atoms with E-state index in [2.05, 4.69) is 4.98 Å². The molecule has 2 unspecified atom stereocenters. The lowest BCUT2D eigenvalue weighted by Gasteiger charge is -2.13. The van der Waals surface area contributed by atoms with Crippen LogP contribution in [0.4, 0.5) is 0 Å². The zero-order valence-corrected chi connectivity index (χ0v) is 8.18. The summed E-state index contributed by atoms with van der Waals surface area (Å²) in [5.41, 5.74) is -0.403. The fraction of sp³-hybridized carbons (Fsp3) is 0.556. The number of fused-ring (bicyclic) bond motifs is 3. The van der Waals surface area contributed by atoms with Crippen molar-refractivity contribution in [3.8, 4) is 6.01 Å². The van der Waals surface area contributed by atoms with Gasteiger partial charge in [0, 0.05) is 12.3 Å². The molecule has 1 aromatic heterocycles. The van der Waals surface area contributed by atoms with Gasteiger partial charge in [-0.05, 0) is 0 Å². The number of ether oxygens (including phenoxy) is 2. The first-order chi connectivity index (χ1) is 7.70. The molecule has 1 saturated heterocycles. The van der Waals surface area contributed by atoms with Crippen molar-refractivity contribution in [3.63, 3.8) is 0 Å². The maximum absolute atomic E-state index is 11.0. The van der Waals surface area contributed by atoms with Crippen LogP contribution in [-0.4, -0.2) is 44.7 Å². The number of aliphatic hydroxyl groups excluding tert-OH is 2. The van der Waals surface area contributed by atoms with Crippen LogP contribution in [0, 0.1) is 0 Å². The average Bonchev–Trinajstić information content (AvgIpc) is 2.75. The Bertz CT molecular complexity index is 473. The van der Waals surface area contributed by atoms with Crippen LogP contribution in [-0.2, 0) is 4.74 Å². The molecule has 86 valence electrons. The molecule has 7 heteroatoms. The Morgan fingerprint density at radius 3 is 3.12 bits per heavy atom. The molecule has 16 heavy (non-hydrogen) atoms. The summed E-state index contributed by atoms with van der Waals surface area (Å²) >= 11 is 0. The molecule has 2 aliphatic heterocycles. The predicted octanol–water partition coefficient (Wildman–Crippen LogP) is -1.75. The molecule has 3 heterocycles. The molecule has 0 bridgehead atoms. The van der Waals surface area contributed by atoms with Crippen molar-refractivity contribution in [2.45, 2.75) is 24.5 Å². The van der Waals surface area contributed by atoms with Crippen LogP contribution in [0.1, 0.15) is 6.23 Å². The van der Waals surface area contributed by atoms with Crippen molar-refractivity contribution in [2.24, 2.45) is 0 Å². The van der Waals surface area contributed by atoms with Gasteiger partial charge in [-0.25, -0.2) is 0 Å². The second-order valence-corrected chi connectivity index (χ2v) is 3.78. The number of aromatic nitrogens is 2. The number of rotatable bonds is 1. The molecule has 3 rings (SSSR count). The van der Waals surface area contributed by atoms with Gasteiger partial charge in [0.1, 0.15) is 12.2 Å². The molecule has 0 aliphatic carbocycles. The van der Waals surface area contributed by atoms with Crippen LogP contribution in [0.25, 0.3) is 0 Å². The van der Waals surface area contributed by atoms with Gasteiger partial charge in [0.25, 0.3) is 5.56 Å². The second kappa shape index (κ2) is 3.27. The Balaban J connectivity index is 1.99. The molecule has 1 aromatic rings. The second-order valence-electron chi connectivity index (χ2n) is 3.78. The standard InChI is InChI=1S/C9H10N2O5/c12-3-4-6(14)7-8(15-4)11-2-1-5(13)10-9(11)16-7/h1-2,4,6-8,12,14H,3H2/t4-,6?,7?,8-/m1/s1. The van der Waals surface area contributed by atoms with Crippen LogP contribution in [0.3, 0.4) is 0 Å².